The first kappa shape index (κ1) is 14.3. The van der Waals surface area contributed by atoms with Crippen molar-refractivity contribution in [3.05, 3.63) is 23.1 Å². The van der Waals surface area contributed by atoms with Gasteiger partial charge in [-0.1, -0.05) is 0 Å². The van der Waals surface area contributed by atoms with Gasteiger partial charge in [0, 0.05) is 17.3 Å². The zero-order valence-corrected chi connectivity index (χ0v) is 9.87. The van der Waals surface area contributed by atoms with Crippen molar-refractivity contribution in [3.8, 4) is 5.88 Å². The zero-order valence-electron chi connectivity index (χ0n) is 9.87. The Morgan fingerprint density at radius 3 is 2.67 bits per heavy atom. The van der Waals surface area contributed by atoms with E-state index in [4.69, 9.17) is 0 Å². The third-order valence-electron chi connectivity index (χ3n) is 2.18. The second-order valence-electron chi connectivity index (χ2n) is 3.30. The van der Waals surface area contributed by atoms with Crippen molar-refractivity contribution in [2.75, 3.05) is 13.7 Å². The summed E-state index contributed by atoms with van der Waals surface area (Å²) in [6.07, 6.45) is -2.72. The number of aromatic nitrogens is 1. The fourth-order valence-electron chi connectivity index (χ4n) is 1.38. The lowest BCUT2D eigenvalue weighted by Gasteiger charge is -2.11. The first-order valence-corrected chi connectivity index (χ1v) is 5.16. The molecule has 1 aromatic heterocycles. The summed E-state index contributed by atoms with van der Waals surface area (Å²) in [6.45, 7) is 1.65. The minimum Gasteiger partial charge on any atom is -0.479 e. The van der Waals surface area contributed by atoms with Crippen LogP contribution >= 0.6 is 0 Å². The number of carbonyl (C=O) groups excluding carboxylic acids is 1. The van der Waals surface area contributed by atoms with Gasteiger partial charge in [0.25, 0.3) is 6.43 Å². The van der Waals surface area contributed by atoms with E-state index in [2.05, 4.69) is 14.5 Å². The van der Waals surface area contributed by atoms with E-state index in [1.165, 1.54) is 0 Å². The highest BCUT2D eigenvalue weighted by Crippen LogP contribution is 2.28. The SMILES string of the molecule is CCOC(=O)Cc1c(C(F)F)cnc(OC)c1F. The molecule has 0 amide bonds. The molecule has 0 aliphatic heterocycles. The average molecular weight is 263 g/mol. The lowest BCUT2D eigenvalue weighted by Crippen LogP contribution is -2.12. The highest BCUT2D eigenvalue weighted by molar-refractivity contribution is 5.73. The molecule has 0 aliphatic rings. The van der Waals surface area contributed by atoms with Crippen LogP contribution in [0.3, 0.4) is 0 Å². The molecule has 1 heterocycles. The maximum absolute atomic E-state index is 13.8. The Labute approximate surface area is 102 Å². The minimum absolute atomic E-state index is 0.0900. The van der Waals surface area contributed by atoms with Crippen molar-refractivity contribution in [1.82, 2.24) is 4.98 Å². The summed E-state index contributed by atoms with van der Waals surface area (Å²) in [4.78, 5) is 14.6. The molecule has 0 saturated carbocycles. The largest absolute Gasteiger partial charge is 0.479 e. The summed E-state index contributed by atoms with van der Waals surface area (Å²) >= 11 is 0. The number of esters is 1. The summed E-state index contributed by atoms with van der Waals surface area (Å²) in [5.41, 5.74) is -1.09. The summed E-state index contributed by atoms with van der Waals surface area (Å²) in [6, 6.07) is 0. The van der Waals surface area contributed by atoms with E-state index in [9.17, 15) is 18.0 Å². The van der Waals surface area contributed by atoms with E-state index in [1.54, 1.807) is 6.92 Å². The van der Waals surface area contributed by atoms with E-state index in [-0.39, 0.29) is 6.61 Å². The van der Waals surface area contributed by atoms with Gasteiger partial charge >= 0.3 is 5.97 Å². The molecule has 0 spiro atoms. The van der Waals surface area contributed by atoms with Gasteiger partial charge in [-0.15, -0.1) is 0 Å². The highest BCUT2D eigenvalue weighted by Gasteiger charge is 2.23. The molecular weight excluding hydrogens is 251 g/mol. The van der Waals surface area contributed by atoms with Gasteiger partial charge in [0.05, 0.1) is 20.1 Å². The van der Waals surface area contributed by atoms with Crippen molar-refractivity contribution in [3.63, 3.8) is 0 Å². The van der Waals surface area contributed by atoms with Crippen molar-refractivity contribution in [2.24, 2.45) is 0 Å². The summed E-state index contributed by atoms with van der Waals surface area (Å²) < 4.78 is 48.3. The number of carbonyl (C=O) groups is 1. The monoisotopic (exact) mass is 263 g/mol. The van der Waals surface area contributed by atoms with Crippen LogP contribution in [0.2, 0.25) is 0 Å². The van der Waals surface area contributed by atoms with Crippen LogP contribution in [0, 0.1) is 5.82 Å². The second kappa shape index (κ2) is 6.23. The van der Waals surface area contributed by atoms with Crippen LogP contribution in [0.1, 0.15) is 24.5 Å². The van der Waals surface area contributed by atoms with E-state index < -0.39 is 41.6 Å². The van der Waals surface area contributed by atoms with Gasteiger partial charge in [-0.25, -0.2) is 18.2 Å². The molecule has 1 rings (SSSR count). The van der Waals surface area contributed by atoms with Crippen LogP contribution in [0.4, 0.5) is 13.2 Å². The Balaban J connectivity index is 3.15. The molecule has 0 radical (unpaired) electrons. The van der Waals surface area contributed by atoms with Crippen LogP contribution in [-0.2, 0) is 16.0 Å². The highest BCUT2D eigenvalue weighted by atomic mass is 19.3. The van der Waals surface area contributed by atoms with Gasteiger partial charge in [-0.3, -0.25) is 4.79 Å². The number of pyridine rings is 1. The molecule has 0 fully saturated rings. The van der Waals surface area contributed by atoms with Crippen LogP contribution in [0.25, 0.3) is 0 Å². The van der Waals surface area contributed by atoms with Gasteiger partial charge in [0.1, 0.15) is 0 Å². The molecule has 100 valence electrons. The van der Waals surface area contributed by atoms with Crippen molar-refractivity contribution in [2.45, 2.75) is 19.8 Å². The summed E-state index contributed by atoms with van der Waals surface area (Å²) in [7, 11) is 1.15. The number of hydrogen-bond donors (Lipinski definition) is 0. The number of rotatable bonds is 5. The normalized spacial score (nSPS) is 10.6. The molecule has 0 aromatic carbocycles. The smallest absolute Gasteiger partial charge is 0.310 e. The summed E-state index contributed by atoms with van der Waals surface area (Å²) in [5, 5.41) is 0. The van der Waals surface area contributed by atoms with Gasteiger partial charge in [0.15, 0.2) is 5.82 Å². The molecule has 18 heavy (non-hydrogen) atoms. The Bertz CT molecular complexity index is 438. The third kappa shape index (κ3) is 3.12. The quantitative estimate of drug-likeness (QED) is 0.765. The number of nitrogens with zero attached hydrogens (tertiary/aromatic N) is 1. The van der Waals surface area contributed by atoms with Crippen LogP contribution in [0.5, 0.6) is 5.88 Å². The molecule has 0 aliphatic carbocycles. The molecular formula is C11H12F3NO3. The Morgan fingerprint density at radius 2 is 2.17 bits per heavy atom. The average Bonchev–Trinajstić information content (AvgIpc) is 2.31. The van der Waals surface area contributed by atoms with Crippen molar-refractivity contribution < 1.29 is 27.4 Å². The first-order valence-electron chi connectivity index (χ1n) is 5.16. The lowest BCUT2D eigenvalue weighted by atomic mass is 10.1. The van der Waals surface area contributed by atoms with Crippen molar-refractivity contribution >= 4 is 5.97 Å². The molecule has 0 saturated heterocycles. The van der Waals surface area contributed by atoms with Crippen molar-refractivity contribution in [1.29, 1.82) is 0 Å². The standard InChI is InChI=1S/C11H12F3NO3/c1-3-18-8(16)4-6-7(10(13)14)5-15-11(17-2)9(6)12/h5,10H,3-4H2,1-2H3. The van der Waals surface area contributed by atoms with Crippen LogP contribution < -0.4 is 4.74 Å². The zero-order chi connectivity index (χ0) is 13.7. The van der Waals surface area contributed by atoms with E-state index in [0.717, 1.165) is 13.3 Å². The molecule has 1 aromatic rings. The van der Waals surface area contributed by atoms with Gasteiger partial charge in [0.2, 0.25) is 5.88 Å². The number of hydrogen-bond acceptors (Lipinski definition) is 4. The summed E-state index contributed by atoms with van der Waals surface area (Å²) in [5.74, 6) is -2.28. The van der Waals surface area contributed by atoms with E-state index >= 15 is 0 Å². The number of ether oxygens (including phenoxy) is 2. The predicted octanol–water partition coefficient (Wildman–Crippen LogP) is 2.27. The molecule has 0 bridgehead atoms. The minimum atomic E-state index is -2.93. The first-order chi connectivity index (χ1) is 8.51. The van der Waals surface area contributed by atoms with Crippen LogP contribution in [-0.4, -0.2) is 24.7 Å². The Morgan fingerprint density at radius 1 is 1.50 bits per heavy atom. The molecule has 7 heteroatoms. The molecule has 0 unspecified atom stereocenters. The number of methoxy groups -OCH3 is 1. The van der Waals surface area contributed by atoms with Gasteiger partial charge < -0.3 is 9.47 Å². The fourth-order valence-corrected chi connectivity index (χ4v) is 1.38. The Hall–Kier alpha value is -1.79. The number of halogens is 3. The maximum atomic E-state index is 13.8. The molecule has 0 N–H and O–H groups in total. The van der Waals surface area contributed by atoms with E-state index in [1.807, 2.05) is 0 Å². The molecule has 0 atom stereocenters. The Kier molecular flexibility index (Phi) is 4.94. The fraction of sp³-hybridized carbons (Fsp3) is 0.455. The maximum Gasteiger partial charge on any atom is 0.310 e. The lowest BCUT2D eigenvalue weighted by molar-refractivity contribution is -0.142. The van der Waals surface area contributed by atoms with Crippen LogP contribution in [0.15, 0.2) is 6.20 Å². The second-order valence-corrected chi connectivity index (χ2v) is 3.30. The third-order valence-corrected chi connectivity index (χ3v) is 2.18. The van der Waals surface area contributed by atoms with Gasteiger partial charge in [-0.05, 0) is 6.92 Å². The molecule has 4 nitrogen and oxygen atoms in total. The number of alkyl halides is 2. The predicted molar refractivity (Wildman–Crippen MR) is 56.0 cm³/mol. The topological polar surface area (TPSA) is 48.4 Å². The van der Waals surface area contributed by atoms with Gasteiger partial charge in [-0.2, -0.15) is 0 Å². The van der Waals surface area contributed by atoms with E-state index in [0.29, 0.717) is 0 Å².